The van der Waals surface area contributed by atoms with E-state index in [0.29, 0.717) is 25.0 Å². The highest BCUT2D eigenvalue weighted by molar-refractivity contribution is 5.50. The molecule has 116 valence electrons. The van der Waals surface area contributed by atoms with Crippen LogP contribution in [0.2, 0.25) is 0 Å². The summed E-state index contributed by atoms with van der Waals surface area (Å²) in [6, 6.07) is 5.36. The van der Waals surface area contributed by atoms with Gasteiger partial charge in [0.05, 0.1) is 25.0 Å². The summed E-state index contributed by atoms with van der Waals surface area (Å²) >= 11 is 0. The molecule has 0 spiro atoms. The quantitative estimate of drug-likeness (QED) is 0.900. The van der Waals surface area contributed by atoms with Crippen LogP contribution in [0.15, 0.2) is 18.2 Å². The molecule has 5 heteroatoms. The minimum Gasteiger partial charge on any atom is -0.378 e. The van der Waals surface area contributed by atoms with Gasteiger partial charge in [-0.05, 0) is 30.5 Å². The number of anilines is 1. The van der Waals surface area contributed by atoms with Crippen LogP contribution in [0, 0.1) is 5.82 Å². The van der Waals surface area contributed by atoms with Crippen molar-refractivity contribution in [1.82, 2.24) is 5.32 Å². The summed E-state index contributed by atoms with van der Waals surface area (Å²) in [6.07, 6.45) is 2.63. The smallest absolute Gasteiger partial charge is 0.146 e. The highest BCUT2D eigenvalue weighted by Crippen LogP contribution is 2.22. The van der Waals surface area contributed by atoms with E-state index in [1.54, 1.807) is 6.07 Å². The van der Waals surface area contributed by atoms with Crippen molar-refractivity contribution >= 4 is 5.69 Å². The molecule has 0 aromatic heterocycles. The van der Waals surface area contributed by atoms with Gasteiger partial charge in [0.2, 0.25) is 0 Å². The topological polar surface area (TPSA) is 33.7 Å². The summed E-state index contributed by atoms with van der Waals surface area (Å²) < 4.78 is 24.9. The van der Waals surface area contributed by atoms with Gasteiger partial charge in [0.25, 0.3) is 0 Å². The Bertz CT molecular complexity index is 458. The van der Waals surface area contributed by atoms with Crippen LogP contribution < -0.4 is 10.2 Å². The minimum absolute atomic E-state index is 0.153. The van der Waals surface area contributed by atoms with Crippen LogP contribution in [0.1, 0.15) is 18.4 Å². The Hall–Kier alpha value is -1.17. The molecular formula is C16H23FN2O2. The van der Waals surface area contributed by atoms with Gasteiger partial charge in [-0.1, -0.05) is 6.07 Å². The van der Waals surface area contributed by atoms with Gasteiger partial charge in [0.1, 0.15) is 5.82 Å². The molecule has 1 aromatic rings. The largest absolute Gasteiger partial charge is 0.378 e. The average molecular weight is 294 g/mol. The summed E-state index contributed by atoms with van der Waals surface area (Å²) in [5.41, 5.74) is 1.80. The first-order valence-electron chi connectivity index (χ1n) is 7.76. The second-order valence-corrected chi connectivity index (χ2v) is 5.65. The Labute approximate surface area is 125 Å². The van der Waals surface area contributed by atoms with E-state index in [1.807, 2.05) is 12.1 Å². The first-order valence-corrected chi connectivity index (χ1v) is 7.76. The van der Waals surface area contributed by atoms with Gasteiger partial charge < -0.3 is 19.7 Å². The van der Waals surface area contributed by atoms with E-state index in [1.165, 1.54) is 0 Å². The number of ether oxygens (including phenoxy) is 2. The number of nitrogens with one attached hydrogen (secondary N) is 1. The molecular weight excluding hydrogens is 271 g/mol. The third-order valence-corrected chi connectivity index (χ3v) is 4.09. The molecule has 2 fully saturated rings. The molecule has 21 heavy (non-hydrogen) atoms. The first-order chi connectivity index (χ1) is 10.3. The van der Waals surface area contributed by atoms with E-state index < -0.39 is 0 Å². The van der Waals surface area contributed by atoms with Crippen LogP contribution in [-0.4, -0.2) is 45.6 Å². The van der Waals surface area contributed by atoms with Crippen molar-refractivity contribution in [2.75, 3.05) is 44.4 Å². The molecule has 2 saturated heterocycles. The van der Waals surface area contributed by atoms with E-state index in [2.05, 4.69) is 10.2 Å². The summed E-state index contributed by atoms with van der Waals surface area (Å²) in [7, 11) is 0. The minimum atomic E-state index is -0.153. The zero-order valence-electron chi connectivity index (χ0n) is 12.3. The second-order valence-electron chi connectivity index (χ2n) is 5.65. The lowest BCUT2D eigenvalue weighted by molar-refractivity contribution is 0.110. The van der Waals surface area contributed by atoms with Crippen LogP contribution in [0.4, 0.5) is 10.1 Å². The van der Waals surface area contributed by atoms with E-state index in [4.69, 9.17) is 9.47 Å². The molecule has 2 aliphatic rings. The molecule has 1 atom stereocenters. The van der Waals surface area contributed by atoms with Crippen molar-refractivity contribution < 1.29 is 13.9 Å². The SMILES string of the molecule is Fc1ccc(CNCC2CCCO2)cc1N1CCOCC1. The Morgan fingerprint density at radius 2 is 2.10 bits per heavy atom. The van der Waals surface area contributed by atoms with Gasteiger partial charge >= 0.3 is 0 Å². The fraction of sp³-hybridized carbons (Fsp3) is 0.625. The van der Waals surface area contributed by atoms with E-state index >= 15 is 0 Å². The van der Waals surface area contributed by atoms with Crippen molar-refractivity contribution in [2.45, 2.75) is 25.5 Å². The number of hydrogen-bond donors (Lipinski definition) is 1. The molecule has 3 rings (SSSR count). The molecule has 4 nitrogen and oxygen atoms in total. The number of rotatable bonds is 5. The van der Waals surface area contributed by atoms with Crippen LogP contribution in [0.5, 0.6) is 0 Å². The average Bonchev–Trinajstić information content (AvgIpc) is 3.03. The van der Waals surface area contributed by atoms with Gasteiger partial charge in [-0.15, -0.1) is 0 Å². The number of benzene rings is 1. The highest BCUT2D eigenvalue weighted by atomic mass is 19.1. The van der Waals surface area contributed by atoms with Crippen LogP contribution in [0.25, 0.3) is 0 Å². The third-order valence-electron chi connectivity index (χ3n) is 4.09. The molecule has 0 amide bonds. The lowest BCUT2D eigenvalue weighted by Gasteiger charge is -2.29. The fourth-order valence-electron chi connectivity index (χ4n) is 2.90. The number of hydrogen-bond acceptors (Lipinski definition) is 4. The Morgan fingerprint density at radius 1 is 1.24 bits per heavy atom. The summed E-state index contributed by atoms with van der Waals surface area (Å²) in [4.78, 5) is 2.06. The standard InChI is InChI=1S/C16H23FN2O2/c17-15-4-3-13(11-18-12-14-2-1-7-21-14)10-16(15)19-5-8-20-9-6-19/h3-4,10,14,18H,1-2,5-9,11-12H2. The first kappa shape index (κ1) is 14.8. The maximum Gasteiger partial charge on any atom is 0.146 e. The number of halogens is 1. The zero-order valence-corrected chi connectivity index (χ0v) is 12.3. The second kappa shape index (κ2) is 7.20. The van der Waals surface area contributed by atoms with E-state index in [9.17, 15) is 4.39 Å². The third kappa shape index (κ3) is 3.93. The van der Waals surface area contributed by atoms with Gasteiger partial charge in [-0.3, -0.25) is 0 Å². The van der Waals surface area contributed by atoms with Crippen molar-refractivity contribution in [3.63, 3.8) is 0 Å². The Morgan fingerprint density at radius 3 is 2.86 bits per heavy atom. The lowest BCUT2D eigenvalue weighted by atomic mass is 10.1. The molecule has 1 aromatic carbocycles. The number of nitrogens with zero attached hydrogens (tertiary/aromatic N) is 1. The van der Waals surface area contributed by atoms with Crippen molar-refractivity contribution in [1.29, 1.82) is 0 Å². The van der Waals surface area contributed by atoms with Crippen LogP contribution in [0.3, 0.4) is 0 Å². The maximum atomic E-state index is 14.0. The molecule has 1 N–H and O–H groups in total. The van der Waals surface area contributed by atoms with Gasteiger partial charge in [0, 0.05) is 32.8 Å². The predicted octanol–water partition coefficient (Wildman–Crippen LogP) is 1.93. The van der Waals surface area contributed by atoms with Gasteiger partial charge in [-0.2, -0.15) is 0 Å². The lowest BCUT2D eigenvalue weighted by Crippen LogP contribution is -2.36. The summed E-state index contributed by atoms with van der Waals surface area (Å²) in [6.45, 7) is 5.33. The molecule has 1 unspecified atom stereocenters. The Kier molecular flexibility index (Phi) is 5.06. The van der Waals surface area contributed by atoms with E-state index in [-0.39, 0.29) is 5.82 Å². The summed E-state index contributed by atoms with van der Waals surface area (Å²) in [5.74, 6) is -0.153. The van der Waals surface area contributed by atoms with Gasteiger partial charge in [0.15, 0.2) is 0 Å². The summed E-state index contributed by atoms with van der Waals surface area (Å²) in [5, 5.41) is 3.40. The van der Waals surface area contributed by atoms with Crippen molar-refractivity contribution in [3.8, 4) is 0 Å². The maximum absolute atomic E-state index is 14.0. The number of morpholine rings is 1. The van der Waals surface area contributed by atoms with Gasteiger partial charge in [-0.25, -0.2) is 4.39 Å². The fourth-order valence-corrected chi connectivity index (χ4v) is 2.90. The zero-order chi connectivity index (χ0) is 14.5. The normalized spacial score (nSPS) is 22.7. The van der Waals surface area contributed by atoms with Crippen molar-refractivity contribution in [2.24, 2.45) is 0 Å². The molecule has 0 bridgehead atoms. The van der Waals surface area contributed by atoms with Crippen molar-refractivity contribution in [3.05, 3.63) is 29.6 Å². The Balaban J connectivity index is 1.57. The monoisotopic (exact) mass is 294 g/mol. The molecule has 2 aliphatic heterocycles. The van der Waals surface area contributed by atoms with Crippen LogP contribution in [-0.2, 0) is 16.0 Å². The predicted molar refractivity (Wildman–Crippen MR) is 80.1 cm³/mol. The molecule has 0 saturated carbocycles. The molecule has 0 aliphatic carbocycles. The van der Waals surface area contributed by atoms with E-state index in [0.717, 1.165) is 51.2 Å². The highest BCUT2D eigenvalue weighted by Gasteiger charge is 2.16. The molecule has 0 radical (unpaired) electrons. The molecule has 2 heterocycles. The van der Waals surface area contributed by atoms with Crippen LogP contribution >= 0.6 is 0 Å².